The standard InChI is InChI=1S/C14H18N4O5S2/c1-9-8-13(24-10(9)6-7-23-2)25(21,22)17-14(19)18(20)12-5-3-4-11(15)16-12/h3-5,8,20H,6-7H2,1-2H3,(H2,15,16)(H,17,19). The Labute approximate surface area is 149 Å². The summed E-state index contributed by atoms with van der Waals surface area (Å²) in [6.07, 6.45) is 0.565. The van der Waals surface area contributed by atoms with Crippen molar-refractivity contribution in [1.29, 1.82) is 0 Å². The second-order valence-electron chi connectivity index (χ2n) is 5.06. The maximum absolute atomic E-state index is 12.3. The number of hydroxylamine groups is 1. The van der Waals surface area contributed by atoms with Crippen molar-refractivity contribution >= 4 is 39.0 Å². The molecule has 9 nitrogen and oxygen atoms in total. The van der Waals surface area contributed by atoms with Gasteiger partial charge >= 0.3 is 6.03 Å². The van der Waals surface area contributed by atoms with Gasteiger partial charge in [-0.25, -0.2) is 22.9 Å². The average Bonchev–Trinajstić information content (AvgIpc) is 2.93. The number of nitrogens with two attached hydrogens (primary N) is 1. The van der Waals surface area contributed by atoms with Crippen molar-refractivity contribution in [2.24, 2.45) is 0 Å². The number of nitrogens with one attached hydrogen (secondary N) is 1. The van der Waals surface area contributed by atoms with E-state index in [2.05, 4.69) is 4.98 Å². The summed E-state index contributed by atoms with van der Waals surface area (Å²) in [7, 11) is -2.58. The summed E-state index contributed by atoms with van der Waals surface area (Å²) in [6.45, 7) is 2.23. The quantitative estimate of drug-likeness (QED) is 0.506. The number of anilines is 2. The van der Waals surface area contributed by atoms with Crippen LogP contribution in [0.5, 0.6) is 0 Å². The van der Waals surface area contributed by atoms with E-state index < -0.39 is 16.1 Å². The summed E-state index contributed by atoms with van der Waals surface area (Å²) < 4.78 is 31.4. The van der Waals surface area contributed by atoms with Crippen molar-refractivity contribution < 1.29 is 23.2 Å². The Morgan fingerprint density at radius 3 is 2.84 bits per heavy atom. The second-order valence-corrected chi connectivity index (χ2v) is 8.10. The number of nitrogen functional groups attached to an aromatic ring is 1. The molecule has 0 unspecified atom stereocenters. The highest BCUT2D eigenvalue weighted by molar-refractivity contribution is 7.92. The molecule has 0 aliphatic rings. The number of pyridine rings is 1. The summed E-state index contributed by atoms with van der Waals surface area (Å²) in [4.78, 5) is 16.6. The van der Waals surface area contributed by atoms with Crippen molar-refractivity contribution in [2.45, 2.75) is 17.6 Å². The highest BCUT2D eigenvalue weighted by Gasteiger charge is 2.25. The fourth-order valence-electron chi connectivity index (χ4n) is 1.93. The SMILES string of the molecule is COCCc1sc(S(=O)(=O)NC(=O)N(O)c2cccc(N)n2)cc1C. The molecule has 0 saturated heterocycles. The largest absolute Gasteiger partial charge is 0.384 e. The van der Waals surface area contributed by atoms with Gasteiger partial charge in [0.1, 0.15) is 10.0 Å². The van der Waals surface area contributed by atoms with Gasteiger partial charge < -0.3 is 10.5 Å². The Morgan fingerprint density at radius 1 is 1.48 bits per heavy atom. The number of thiophene rings is 1. The van der Waals surface area contributed by atoms with Crippen molar-refractivity contribution in [2.75, 3.05) is 24.5 Å². The number of hydrogen-bond acceptors (Lipinski definition) is 8. The molecule has 0 saturated carbocycles. The summed E-state index contributed by atoms with van der Waals surface area (Å²) in [5.41, 5.74) is 6.25. The van der Waals surface area contributed by atoms with Crippen LogP contribution < -0.4 is 15.5 Å². The van der Waals surface area contributed by atoms with Crippen LogP contribution in [0.3, 0.4) is 0 Å². The minimum atomic E-state index is -4.13. The number of amides is 2. The van der Waals surface area contributed by atoms with Crippen LogP contribution in [0.4, 0.5) is 16.4 Å². The summed E-state index contributed by atoms with van der Waals surface area (Å²) in [5, 5.41) is 9.91. The number of methoxy groups -OCH3 is 1. The zero-order valence-electron chi connectivity index (χ0n) is 13.6. The van der Waals surface area contributed by atoms with E-state index in [-0.39, 0.29) is 20.9 Å². The molecule has 0 spiro atoms. The number of ether oxygens (including phenoxy) is 1. The molecule has 2 heterocycles. The molecule has 0 atom stereocenters. The van der Waals surface area contributed by atoms with Crippen molar-refractivity contribution in [3.63, 3.8) is 0 Å². The first-order valence-electron chi connectivity index (χ1n) is 7.11. The third kappa shape index (κ3) is 4.66. The molecule has 2 aromatic rings. The smallest absolute Gasteiger partial charge is 0.361 e. The summed E-state index contributed by atoms with van der Waals surface area (Å²) >= 11 is 1.04. The lowest BCUT2D eigenvalue weighted by Crippen LogP contribution is -2.41. The third-order valence-electron chi connectivity index (χ3n) is 3.18. The van der Waals surface area contributed by atoms with Crippen LogP contribution in [0.1, 0.15) is 10.4 Å². The number of carbonyl (C=O) groups excluding carboxylic acids is 1. The number of aryl methyl sites for hydroxylation is 1. The topological polar surface area (TPSA) is 135 Å². The van der Waals surface area contributed by atoms with E-state index in [0.717, 1.165) is 21.8 Å². The number of hydrogen-bond donors (Lipinski definition) is 3. The molecular formula is C14H18N4O5S2. The third-order valence-corrected chi connectivity index (χ3v) is 6.27. The van der Waals surface area contributed by atoms with Gasteiger partial charge in [0.25, 0.3) is 10.0 Å². The number of urea groups is 1. The monoisotopic (exact) mass is 386 g/mol. The van der Waals surface area contributed by atoms with E-state index >= 15 is 0 Å². The molecule has 0 radical (unpaired) electrons. The van der Waals surface area contributed by atoms with Crippen LogP contribution >= 0.6 is 11.3 Å². The van der Waals surface area contributed by atoms with Gasteiger partial charge in [-0.05, 0) is 30.7 Å². The van der Waals surface area contributed by atoms with Gasteiger partial charge in [0, 0.05) is 18.4 Å². The van der Waals surface area contributed by atoms with Crippen LogP contribution in [0.2, 0.25) is 0 Å². The van der Waals surface area contributed by atoms with Gasteiger partial charge in [0.2, 0.25) is 0 Å². The first-order valence-corrected chi connectivity index (χ1v) is 9.41. The van der Waals surface area contributed by atoms with Gasteiger partial charge in [-0.2, -0.15) is 5.06 Å². The van der Waals surface area contributed by atoms with Crippen molar-refractivity contribution in [1.82, 2.24) is 9.71 Å². The molecule has 0 fully saturated rings. The highest BCUT2D eigenvalue weighted by atomic mass is 32.2. The Balaban J connectivity index is 2.16. The molecule has 0 aliphatic carbocycles. The summed E-state index contributed by atoms with van der Waals surface area (Å²) in [6, 6.07) is 4.43. The molecule has 136 valence electrons. The van der Waals surface area contributed by atoms with E-state index in [4.69, 9.17) is 10.5 Å². The molecule has 0 aromatic carbocycles. The Morgan fingerprint density at radius 2 is 2.20 bits per heavy atom. The lowest BCUT2D eigenvalue weighted by atomic mass is 10.2. The zero-order chi connectivity index (χ0) is 18.6. The Kier molecular flexibility index (Phi) is 5.95. The van der Waals surface area contributed by atoms with E-state index in [0.29, 0.717) is 13.0 Å². The number of carbonyl (C=O) groups is 1. The molecule has 0 aliphatic heterocycles. The molecule has 25 heavy (non-hydrogen) atoms. The normalized spacial score (nSPS) is 11.3. The maximum atomic E-state index is 12.3. The molecule has 0 bridgehead atoms. The van der Waals surface area contributed by atoms with Gasteiger partial charge in [-0.1, -0.05) is 6.07 Å². The minimum absolute atomic E-state index is 0.0293. The molecule has 2 rings (SSSR count). The van der Waals surface area contributed by atoms with Crippen molar-refractivity contribution in [3.05, 3.63) is 34.7 Å². The predicted octanol–water partition coefficient (Wildman–Crippen LogP) is 1.52. The first kappa shape index (κ1) is 19.1. The van der Waals surface area contributed by atoms with Gasteiger partial charge in [0.15, 0.2) is 5.82 Å². The van der Waals surface area contributed by atoms with Gasteiger partial charge in [-0.3, -0.25) is 5.21 Å². The van der Waals surface area contributed by atoms with Crippen LogP contribution in [0.15, 0.2) is 28.5 Å². The maximum Gasteiger partial charge on any atom is 0.361 e. The fourth-order valence-corrected chi connectivity index (χ4v) is 4.43. The number of sulfonamides is 1. The number of nitrogens with zero attached hydrogens (tertiary/aromatic N) is 2. The van der Waals surface area contributed by atoms with Gasteiger partial charge in [0.05, 0.1) is 6.61 Å². The van der Waals surface area contributed by atoms with Crippen molar-refractivity contribution in [3.8, 4) is 0 Å². The van der Waals surface area contributed by atoms with Crippen LogP contribution in [0.25, 0.3) is 0 Å². The first-order chi connectivity index (χ1) is 11.7. The molecule has 4 N–H and O–H groups in total. The Hall–Kier alpha value is -2.21. The zero-order valence-corrected chi connectivity index (χ0v) is 15.2. The fraction of sp³-hybridized carbons (Fsp3) is 0.286. The molecule has 2 aromatic heterocycles. The Bertz CT molecular complexity index is 866. The number of rotatable bonds is 6. The average molecular weight is 386 g/mol. The van der Waals surface area contributed by atoms with Crippen LogP contribution in [-0.2, 0) is 21.2 Å². The van der Waals surface area contributed by atoms with E-state index in [1.807, 2.05) is 0 Å². The predicted molar refractivity (Wildman–Crippen MR) is 93.3 cm³/mol. The highest BCUT2D eigenvalue weighted by Crippen LogP contribution is 2.26. The molecular weight excluding hydrogens is 368 g/mol. The summed E-state index contributed by atoms with van der Waals surface area (Å²) in [5.74, 6) is -0.125. The van der Waals surface area contributed by atoms with E-state index in [1.165, 1.54) is 24.3 Å². The minimum Gasteiger partial charge on any atom is -0.384 e. The van der Waals surface area contributed by atoms with Crippen LogP contribution in [-0.4, -0.2) is 38.4 Å². The number of aromatic nitrogens is 1. The molecule has 11 heteroatoms. The lowest BCUT2D eigenvalue weighted by molar-refractivity contribution is 0.203. The molecule has 2 amide bonds. The van der Waals surface area contributed by atoms with E-state index in [1.54, 1.807) is 18.8 Å². The second kappa shape index (κ2) is 7.78. The van der Waals surface area contributed by atoms with Crippen LogP contribution in [0, 0.1) is 6.92 Å². The lowest BCUT2D eigenvalue weighted by Gasteiger charge is -2.14. The van der Waals surface area contributed by atoms with E-state index in [9.17, 15) is 18.4 Å². The van der Waals surface area contributed by atoms with Gasteiger partial charge in [-0.15, -0.1) is 11.3 Å².